The summed E-state index contributed by atoms with van der Waals surface area (Å²) in [4.78, 5) is 18.7. The zero-order valence-corrected chi connectivity index (χ0v) is 17.6. The van der Waals surface area contributed by atoms with E-state index in [4.69, 9.17) is 4.98 Å². The van der Waals surface area contributed by atoms with Crippen LogP contribution in [0, 0.1) is 18.3 Å². The Morgan fingerprint density at radius 1 is 1.10 bits per heavy atom. The van der Waals surface area contributed by atoms with Gasteiger partial charge < -0.3 is 0 Å². The molecule has 144 valence electrons. The van der Waals surface area contributed by atoms with E-state index >= 15 is 0 Å². The zero-order valence-electron chi connectivity index (χ0n) is 16.0. The summed E-state index contributed by atoms with van der Waals surface area (Å²) in [6.45, 7) is 2.11. The Balaban J connectivity index is 1.69. The van der Waals surface area contributed by atoms with Crippen molar-refractivity contribution >= 4 is 33.3 Å². The van der Waals surface area contributed by atoms with E-state index in [-0.39, 0.29) is 12.1 Å². The molecule has 0 atom stereocenters. The number of nitrogens with zero attached hydrogens (tertiary/aromatic N) is 3. The number of hydrogen-bond acceptors (Lipinski definition) is 5. The molecule has 2 aromatic carbocycles. The smallest absolute Gasteiger partial charge is 0.263 e. The van der Waals surface area contributed by atoms with Crippen LogP contribution in [0.2, 0.25) is 0 Å². The van der Waals surface area contributed by atoms with Gasteiger partial charge in [0.25, 0.3) is 5.56 Å². The molecule has 4 aromatic rings. The van der Waals surface area contributed by atoms with Crippen molar-refractivity contribution in [2.75, 3.05) is 0 Å². The average Bonchev–Trinajstić information content (AvgIpc) is 3.17. The first-order valence-corrected chi connectivity index (χ1v) is 11.3. The highest BCUT2D eigenvalue weighted by atomic mass is 32.2. The molecule has 0 spiro atoms. The first kappa shape index (κ1) is 19.4. The molecule has 0 N–H and O–H groups in total. The summed E-state index contributed by atoms with van der Waals surface area (Å²) >= 11 is 3.19. The highest BCUT2D eigenvalue weighted by molar-refractivity contribution is 7.97. The van der Waals surface area contributed by atoms with Crippen LogP contribution in [0.4, 0.5) is 0 Å². The zero-order chi connectivity index (χ0) is 20.2. The van der Waals surface area contributed by atoms with Crippen molar-refractivity contribution in [3.05, 3.63) is 87.3 Å². The number of aryl methyl sites for hydroxylation is 1. The Hall–Kier alpha value is -2.88. The molecule has 4 rings (SSSR count). The number of nitriles is 1. The predicted octanol–water partition coefficient (Wildman–Crippen LogP) is 5.39. The monoisotopic (exact) mass is 417 g/mol. The molecule has 4 nitrogen and oxygen atoms in total. The quantitative estimate of drug-likeness (QED) is 0.422. The van der Waals surface area contributed by atoms with Gasteiger partial charge in [0.1, 0.15) is 17.2 Å². The third-order valence-corrected chi connectivity index (χ3v) is 6.69. The van der Waals surface area contributed by atoms with E-state index in [2.05, 4.69) is 25.1 Å². The lowest BCUT2D eigenvalue weighted by atomic mass is 10.1. The van der Waals surface area contributed by atoms with E-state index < -0.39 is 0 Å². The fourth-order valence-electron chi connectivity index (χ4n) is 3.26. The lowest BCUT2D eigenvalue weighted by Crippen LogP contribution is -2.24. The second-order valence-electron chi connectivity index (χ2n) is 6.69. The first-order valence-electron chi connectivity index (χ1n) is 9.24. The SMILES string of the molecule is Cc1ccccc1CSCc1nc2scc(-c3ccccc3)c2c(=O)n1CC#N. The van der Waals surface area contributed by atoms with Crippen molar-refractivity contribution < 1.29 is 0 Å². The minimum Gasteiger partial charge on any atom is -0.281 e. The van der Waals surface area contributed by atoms with Crippen LogP contribution in [0.15, 0.2) is 64.8 Å². The van der Waals surface area contributed by atoms with E-state index in [0.29, 0.717) is 17.0 Å². The fourth-order valence-corrected chi connectivity index (χ4v) is 5.27. The summed E-state index contributed by atoms with van der Waals surface area (Å²) in [5.74, 6) is 2.08. The highest BCUT2D eigenvalue weighted by Crippen LogP contribution is 2.31. The predicted molar refractivity (Wildman–Crippen MR) is 121 cm³/mol. The van der Waals surface area contributed by atoms with Crippen LogP contribution in [0.5, 0.6) is 0 Å². The van der Waals surface area contributed by atoms with Gasteiger partial charge in [-0.15, -0.1) is 23.1 Å². The van der Waals surface area contributed by atoms with E-state index in [9.17, 15) is 10.1 Å². The van der Waals surface area contributed by atoms with Gasteiger partial charge in [0, 0.05) is 16.7 Å². The maximum absolute atomic E-state index is 13.3. The molecule has 0 aliphatic carbocycles. The van der Waals surface area contributed by atoms with Gasteiger partial charge in [-0.3, -0.25) is 9.36 Å². The van der Waals surface area contributed by atoms with Gasteiger partial charge in [-0.2, -0.15) is 5.26 Å². The molecule has 0 unspecified atom stereocenters. The van der Waals surface area contributed by atoms with Gasteiger partial charge in [0.2, 0.25) is 0 Å². The number of aromatic nitrogens is 2. The maximum atomic E-state index is 13.3. The topological polar surface area (TPSA) is 58.7 Å². The lowest BCUT2D eigenvalue weighted by Gasteiger charge is -2.10. The number of fused-ring (bicyclic) bond motifs is 1. The van der Waals surface area contributed by atoms with Gasteiger partial charge in [-0.05, 0) is 23.6 Å². The van der Waals surface area contributed by atoms with Crippen molar-refractivity contribution in [1.82, 2.24) is 9.55 Å². The third kappa shape index (κ3) is 3.98. The van der Waals surface area contributed by atoms with E-state index in [0.717, 1.165) is 21.7 Å². The molecule has 6 heteroatoms. The molecule has 2 heterocycles. The van der Waals surface area contributed by atoms with Crippen molar-refractivity contribution in [1.29, 1.82) is 5.26 Å². The van der Waals surface area contributed by atoms with Crippen LogP contribution < -0.4 is 5.56 Å². The number of thiophene rings is 1. The second-order valence-corrected chi connectivity index (χ2v) is 8.54. The minimum absolute atomic E-state index is 0.00606. The average molecular weight is 418 g/mol. The normalized spacial score (nSPS) is 10.9. The molecule has 0 saturated carbocycles. The van der Waals surface area contributed by atoms with Crippen molar-refractivity contribution in [2.24, 2.45) is 0 Å². The van der Waals surface area contributed by atoms with Crippen LogP contribution in [-0.2, 0) is 18.1 Å². The largest absolute Gasteiger partial charge is 0.281 e. The maximum Gasteiger partial charge on any atom is 0.263 e. The Bertz CT molecular complexity index is 1250. The van der Waals surface area contributed by atoms with Gasteiger partial charge in [-0.1, -0.05) is 54.6 Å². The van der Waals surface area contributed by atoms with Crippen LogP contribution >= 0.6 is 23.1 Å². The molecule has 0 amide bonds. The second kappa shape index (κ2) is 8.64. The number of hydrogen-bond donors (Lipinski definition) is 0. The number of rotatable bonds is 6. The highest BCUT2D eigenvalue weighted by Gasteiger charge is 2.17. The van der Waals surface area contributed by atoms with Crippen LogP contribution in [0.3, 0.4) is 0 Å². The minimum atomic E-state index is -0.136. The summed E-state index contributed by atoms with van der Waals surface area (Å²) in [5, 5.41) is 11.9. The molecule has 2 aromatic heterocycles. The summed E-state index contributed by atoms with van der Waals surface area (Å²) < 4.78 is 1.52. The summed E-state index contributed by atoms with van der Waals surface area (Å²) in [6, 6.07) is 20.2. The van der Waals surface area contributed by atoms with Crippen LogP contribution in [0.25, 0.3) is 21.3 Å². The standard InChI is InChI=1S/C23H19N3OS2/c1-16-7-5-6-10-18(16)13-28-15-20-25-22-21(23(27)26(20)12-11-24)19(14-29-22)17-8-3-2-4-9-17/h2-10,14H,12-13,15H2,1H3. The number of benzene rings is 2. The number of thioether (sulfide) groups is 1. The third-order valence-electron chi connectivity index (χ3n) is 4.84. The van der Waals surface area contributed by atoms with Gasteiger partial charge in [0.05, 0.1) is 17.2 Å². The molecular weight excluding hydrogens is 398 g/mol. The molecule has 0 fully saturated rings. The van der Waals surface area contributed by atoms with Crippen LogP contribution in [-0.4, -0.2) is 9.55 Å². The lowest BCUT2D eigenvalue weighted by molar-refractivity contribution is 0.731. The van der Waals surface area contributed by atoms with Crippen molar-refractivity contribution in [3.63, 3.8) is 0 Å². The summed E-state index contributed by atoms with van der Waals surface area (Å²) in [6.07, 6.45) is 0. The Morgan fingerprint density at radius 2 is 1.86 bits per heavy atom. The Kier molecular flexibility index (Phi) is 5.79. The van der Waals surface area contributed by atoms with Crippen molar-refractivity contribution in [3.8, 4) is 17.2 Å². The molecule has 0 radical (unpaired) electrons. The summed E-state index contributed by atoms with van der Waals surface area (Å²) in [5.41, 5.74) is 4.26. The van der Waals surface area contributed by atoms with Gasteiger partial charge in [-0.25, -0.2) is 4.98 Å². The van der Waals surface area contributed by atoms with Gasteiger partial charge >= 0.3 is 0 Å². The Morgan fingerprint density at radius 3 is 2.62 bits per heavy atom. The van der Waals surface area contributed by atoms with E-state index in [1.165, 1.54) is 27.0 Å². The fraction of sp³-hybridized carbons (Fsp3) is 0.174. The molecule has 29 heavy (non-hydrogen) atoms. The van der Waals surface area contributed by atoms with Crippen molar-refractivity contribution in [2.45, 2.75) is 25.0 Å². The molecule has 0 saturated heterocycles. The van der Waals surface area contributed by atoms with E-state index in [1.807, 2.05) is 47.8 Å². The molecular formula is C23H19N3OS2. The summed E-state index contributed by atoms with van der Waals surface area (Å²) in [7, 11) is 0. The van der Waals surface area contributed by atoms with Gasteiger partial charge in [0.15, 0.2) is 0 Å². The molecule has 0 aliphatic heterocycles. The van der Waals surface area contributed by atoms with E-state index in [1.54, 1.807) is 11.8 Å². The first-order chi connectivity index (χ1) is 14.2. The molecule has 0 aliphatic rings. The Labute approximate surface area is 177 Å². The molecule has 0 bridgehead atoms. The van der Waals surface area contributed by atoms with Crippen LogP contribution in [0.1, 0.15) is 17.0 Å².